The monoisotopic (exact) mass is 1490 g/mol. The summed E-state index contributed by atoms with van der Waals surface area (Å²) in [6.07, 6.45) is 12.8. The number of hydrogen-bond donors (Lipinski definition) is 8. The lowest BCUT2D eigenvalue weighted by molar-refractivity contribution is -0.146. The van der Waals surface area contributed by atoms with Crippen molar-refractivity contribution < 1.29 is 33.7 Å². The van der Waals surface area contributed by atoms with E-state index < -0.39 is 11.9 Å². The number of imidazole rings is 3. The number of anilines is 3. The summed E-state index contributed by atoms with van der Waals surface area (Å²) < 4.78 is 25.6. The Balaban J connectivity index is 0.000000133. The summed E-state index contributed by atoms with van der Waals surface area (Å²) in [5, 5.41) is 35.8. The van der Waals surface area contributed by atoms with E-state index >= 15 is 0 Å². The first-order valence-electron chi connectivity index (χ1n) is 34.7. The number of halogens is 3. The Morgan fingerprint density at radius 2 is 0.841 bits per heavy atom. The molecule has 10 aromatic heterocycles. The maximum absolute atomic E-state index is 14.6. The molecule has 18 rings (SSSR count). The Hall–Kier alpha value is -11.6. The summed E-state index contributed by atoms with van der Waals surface area (Å²) in [7, 11) is 1.43. The number of aliphatic carboxylic acids is 2. The number of fused-ring (bicyclic) bond motifs is 6. The highest BCUT2D eigenvalue weighted by Crippen LogP contribution is 2.45. The molecule has 28 heteroatoms. The van der Waals surface area contributed by atoms with E-state index in [1.54, 1.807) is 25.7 Å². The van der Waals surface area contributed by atoms with Crippen molar-refractivity contribution in [2.75, 3.05) is 24.3 Å². The minimum atomic E-state index is -0.726. The highest BCUT2D eigenvalue weighted by atomic mass is 35.5. The topological polar surface area (TPSA) is 356 Å². The van der Waals surface area contributed by atoms with Gasteiger partial charge in [0.25, 0.3) is 0 Å². The van der Waals surface area contributed by atoms with Crippen LogP contribution in [0.2, 0.25) is 9.36 Å². The number of nitrogens with zero attached hydrogens (tertiary/aromatic N) is 12. The number of carbonyl (C=O) groups is 3. The van der Waals surface area contributed by atoms with Gasteiger partial charge in [0, 0.05) is 71.6 Å². The number of benzene rings is 5. The molecule has 3 saturated carbocycles. The SMILES string of the molecule is C.C.COC(=O)C1CCC(c2nc(-c3cc4cccc(-c5ccccc5F)c4[nH]3)c3c(N)ncnn23)CC1.Nc1ncnn2c(C3CCC(C(=O)O)CC3)nc(-c3cc4cccc(-c5ccc(Cl)s5)c4[nH]3)c12.Nc1ncnn2c(C3CCC(C(=O)O)CC3)nc(-c3cc4cccc(-c5ccccc5Cl)c4[nH]3)c12. The highest BCUT2D eigenvalue weighted by molar-refractivity contribution is 7.19. The average molecular weight is 1500 g/mol. The second-order valence-electron chi connectivity index (χ2n) is 26.9. The Morgan fingerprint density at radius 1 is 0.477 bits per heavy atom. The summed E-state index contributed by atoms with van der Waals surface area (Å²) in [6.45, 7) is 0. The Bertz CT molecular complexity index is 5860. The molecular weight excluding hydrogens is 1420 g/mol. The van der Waals surface area contributed by atoms with Crippen LogP contribution in [0.15, 0.2) is 152 Å². The number of thiophene rings is 1. The first-order chi connectivity index (χ1) is 51.0. The van der Waals surface area contributed by atoms with Crippen LogP contribution in [0.4, 0.5) is 21.8 Å². The standard InChI is InChI=1S/C27H25FN6O2.C26H23ClN6O2.C24H21ClN6O2S.2CH4/c1-36-27(35)16-11-9-15(10-12-16)26-33-23(24-25(29)30-14-31-34(24)26)21-13-17-5-4-7-19(22(17)32-21)18-6-2-3-8-20(18)28;27-19-7-2-1-5-17(19)18-6-3-4-16-12-20(31-21(16)18)22-23-24(28)29-13-30-33(23)25(32-22)14-8-10-15(11-9-14)26(34)35;25-18-9-8-17(34-18)15-3-1-2-14-10-16(29-19(14)15)20-21-22(26)27-11-28-31(21)23(30-20)12-4-6-13(7-5-12)24(32)33;;/h2-8,13-16,32H,9-12H2,1H3,(H2,29,30,31);1-7,12-15,31H,8-11H2,(H,34,35)(H2,28,29,30);1-3,8-13,29H,4-7H2,(H,32,33)(H2,26,27,28);2*1H4. The molecule has 0 radical (unpaired) electrons. The molecule has 24 nitrogen and oxygen atoms in total. The smallest absolute Gasteiger partial charge is 0.308 e. The second-order valence-corrected chi connectivity index (χ2v) is 29.1. The molecule has 5 aromatic carbocycles. The number of para-hydroxylation sites is 3. The average Bonchev–Trinajstić information content (AvgIpc) is 1.60. The lowest BCUT2D eigenvalue weighted by Crippen LogP contribution is -2.23. The van der Waals surface area contributed by atoms with Crippen molar-refractivity contribution in [1.82, 2.24) is 73.7 Å². The molecule has 0 spiro atoms. The zero-order valence-electron chi connectivity index (χ0n) is 56.6. The minimum absolute atomic E-state index is 0. The summed E-state index contributed by atoms with van der Waals surface area (Å²) in [6, 6.07) is 42.6. The molecule has 3 aliphatic rings. The van der Waals surface area contributed by atoms with Crippen molar-refractivity contribution in [3.63, 3.8) is 0 Å². The third kappa shape index (κ3) is 13.6. The number of carbonyl (C=O) groups excluding carboxylic acids is 1. The molecule has 0 amide bonds. The molecule has 0 saturated heterocycles. The summed E-state index contributed by atoms with van der Waals surface area (Å²) in [5.41, 5.74) is 32.3. The summed E-state index contributed by atoms with van der Waals surface area (Å²) in [5.74, 6) is 1.19. The number of H-pyrrole nitrogens is 3. The summed E-state index contributed by atoms with van der Waals surface area (Å²) in [4.78, 5) is 74.1. The van der Waals surface area contributed by atoms with Gasteiger partial charge in [-0.05, 0) is 120 Å². The van der Waals surface area contributed by atoms with Crippen LogP contribution in [0, 0.1) is 23.6 Å². The van der Waals surface area contributed by atoms with Crippen LogP contribution in [0.3, 0.4) is 0 Å². The number of aromatic nitrogens is 15. The lowest BCUT2D eigenvalue weighted by Gasteiger charge is -2.25. The van der Waals surface area contributed by atoms with Crippen LogP contribution in [0.25, 0.3) is 116 Å². The van der Waals surface area contributed by atoms with E-state index in [0.717, 1.165) is 150 Å². The van der Waals surface area contributed by atoms with Gasteiger partial charge in [0.2, 0.25) is 0 Å². The van der Waals surface area contributed by atoms with Gasteiger partial charge >= 0.3 is 17.9 Å². The minimum Gasteiger partial charge on any atom is -0.481 e. The van der Waals surface area contributed by atoms with E-state index in [1.807, 2.05) is 91.0 Å². The van der Waals surface area contributed by atoms with E-state index in [9.17, 15) is 29.0 Å². The number of carboxylic acid groups (broad SMARTS) is 2. The lowest BCUT2D eigenvalue weighted by atomic mass is 9.81. The number of nitrogens with one attached hydrogen (secondary N) is 3. The van der Waals surface area contributed by atoms with Gasteiger partial charge < -0.3 is 47.1 Å². The highest BCUT2D eigenvalue weighted by Gasteiger charge is 2.35. The van der Waals surface area contributed by atoms with Gasteiger partial charge in [-0.3, -0.25) is 14.4 Å². The van der Waals surface area contributed by atoms with Crippen molar-refractivity contribution in [2.45, 2.75) is 110 Å². The van der Waals surface area contributed by atoms with Crippen LogP contribution in [0.1, 0.15) is 127 Å². The van der Waals surface area contributed by atoms with Crippen molar-refractivity contribution in [3.8, 4) is 66.9 Å². The quantitative estimate of drug-likeness (QED) is 0.0527. The molecule has 3 fully saturated rings. The third-order valence-corrected chi connectivity index (χ3v) is 22.5. The van der Waals surface area contributed by atoms with E-state index in [0.29, 0.717) is 87.4 Å². The van der Waals surface area contributed by atoms with Gasteiger partial charge in [-0.15, -0.1) is 11.3 Å². The Kier molecular flexibility index (Phi) is 20.3. The van der Waals surface area contributed by atoms with Gasteiger partial charge in [0.1, 0.15) is 75.9 Å². The number of hydrogen-bond acceptors (Lipinski definition) is 17. The number of nitrogen functional groups attached to an aromatic ring is 3. The number of aromatic amines is 3. The predicted molar refractivity (Wildman–Crippen MR) is 416 cm³/mol. The second kappa shape index (κ2) is 30.1. The number of methoxy groups -OCH3 is 1. The summed E-state index contributed by atoms with van der Waals surface area (Å²) >= 11 is 14.2. The van der Waals surface area contributed by atoms with Crippen LogP contribution in [-0.4, -0.2) is 109 Å². The fourth-order valence-corrected chi connectivity index (χ4v) is 16.9. The van der Waals surface area contributed by atoms with Crippen molar-refractivity contribution in [2.24, 2.45) is 17.8 Å². The van der Waals surface area contributed by atoms with Gasteiger partial charge in [-0.1, -0.05) is 129 Å². The van der Waals surface area contributed by atoms with Crippen LogP contribution < -0.4 is 17.2 Å². The molecule has 15 aromatic rings. The maximum Gasteiger partial charge on any atom is 0.308 e. The molecule has 107 heavy (non-hydrogen) atoms. The van der Waals surface area contributed by atoms with Crippen LogP contribution >= 0.6 is 34.5 Å². The molecule has 11 N–H and O–H groups in total. The first-order valence-corrected chi connectivity index (χ1v) is 36.2. The van der Waals surface area contributed by atoms with Crippen LogP contribution in [0.5, 0.6) is 0 Å². The Morgan fingerprint density at radius 3 is 1.22 bits per heavy atom. The molecule has 0 bridgehead atoms. The van der Waals surface area contributed by atoms with Gasteiger partial charge in [-0.25, -0.2) is 47.8 Å². The van der Waals surface area contributed by atoms with E-state index in [-0.39, 0.29) is 62.1 Å². The number of ether oxygens (including phenoxy) is 1. The predicted octanol–water partition coefficient (Wildman–Crippen LogP) is 17.5. The number of nitrogens with two attached hydrogens (primary N) is 3. The molecule has 3 aliphatic carbocycles. The fraction of sp³-hybridized carbons (Fsp3) is 0.266. The first kappa shape index (κ1) is 72.3. The molecule has 546 valence electrons. The molecule has 10 heterocycles. The van der Waals surface area contributed by atoms with E-state index in [4.69, 9.17) is 60.1 Å². The number of esters is 1. The normalized spacial score (nSPS) is 18.0. The van der Waals surface area contributed by atoms with E-state index in [1.165, 1.54) is 43.5 Å². The molecule has 0 atom stereocenters. The van der Waals surface area contributed by atoms with Gasteiger partial charge in [0.05, 0.1) is 62.8 Å². The van der Waals surface area contributed by atoms with Crippen molar-refractivity contribution >= 4 is 119 Å². The molecule has 0 unspecified atom stereocenters. The maximum atomic E-state index is 14.6. The zero-order chi connectivity index (χ0) is 72.3. The van der Waals surface area contributed by atoms with Crippen LogP contribution in [-0.2, 0) is 19.1 Å². The van der Waals surface area contributed by atoms with Gasteiger partial charge in [0.15, 0.2) is 17.5 Å². The van der Waals surface area contributed by atoms with Crippen molar-refractivity contribution in [3.05, 3.63) is 185 Å². The fourth-order valence-electron chi connectivity index (χ4n) is 15.6. The molecule has 0 aliphatic heterocycles. The largest absolute Gasteiger partial charge is 0.481 e. The third-order valence-electron chi connectivity index (χ3n) is 20.9. The number of rotatable bonds is 12. The zero-order valence-corrected chi connectivity index (χ0v) is 58.9. The van der Waals surface area contributed by atoms with E-state index in [2.05, 4.69) is 69.5 Å². The van der Waals surface area contributed by atoms with Gasteiger partial charge in [-0.2, -0.15) is 15.3 Å². The molecular formula is C79H77Cl2FN18O6S. The Labute approximate surface area is 626 Å². The number of carboxylic acids is 2. The van der Waals surface area contributed by atoms with Crippen molar-refractivity contribution in [1.29, 1.82) is 0 Å².